The van der Waals surface area contributed by atoms with Gasteiger partial charge in [0.25, 0.3) is 0 Å². The van der Waals surface area contributed by atoms with E-state index in [9.17, 15) is 22.8 Å². The largest absolute Gasteiger partial charge is 0.465 e. The number of piperidine rings is 1. The molecule has 0 aliphatic carbocycles. The van der Waals surface area contributed by atoms with E-state index in [1.807, 2.05) is 6.07 Å². The van der Waals surface area contributed by atoms with Gasteiger partial charge in [-0.2, -0.15) is 13.2 Å². The van der Waals surface area contributed by atoms with Crippen molar-refractivity contribution in [2.45, 2.75) is 32.5 Å². The Balaban J connectivity index is 1.67. The van der Waals surface area contributed by atoms with E-state index in [4.69, 9.17) is 16.3 Å². The summed E-state index contributed by atoms with van der Waals surface area (Å²) in [5.74, 6) is -0.303. The highest BCUT2D eigenvalue weighted by Gasteiger charge is 2.32. The fraction of sp³-hybridized carbons (Fsp3) is 0.435. The molecule has 0 radical (unpaired) electrons. The molecule has 0 unspecified atom stereocenters. The molecule has 1 aliphatic heterocycles. The Morgan fingerprint density at radius 2 is 1.82 bits per heavy atom. The SMILES string of the molecule is CCOC(=O)CN(Cc1ccc(C(F)(F)F)cc1)C(=O)C1CCN(c2ccc(Cl)cn2)CC1. The normalized spacial score (nSPS) is 14.8. The van der Waals surface area contributed by atoms with Crippen molar-refractivity contribution in [3.8, 4) is 0 Å². The number of alkyl halides is 3. The number of benzene rings is 1. The molecule has 33 heavy (non-hydrogen) atoms. The molecule has 1 aromatic carbocycles. The summed E-state index contributed by atoms with van der Waals surface area (Å²) in [6.45, 7) is 2.83. The van der Waals surface area contributed by atoms with Crippen LogP contribution >= 0.6 is 11.6 Å². The zero-order chi connectivity index (χ0) is 24.0. The number of halogens is 4. The van der Waals surface area contributed by atoms with Crippen LogP contribution in [0.4, 0.5) is 19.0 Å². The molecule has 1 saturated heterocycles. The average Bonchev–Trinajstić information content (AvgIpc) is 2.79. The van der Waals surface area contributed by atoms with Gasteiger partial charge >= 0.3 is 12.1 Å². The van der Waals surface area contributed by atoms with Gasteiger partial charge in [-0.3, -0.25) is 9.59 Å². The number of aromatic nitrogens is 1. The van der Waals surface area contributed by atoms with Gasteiger partial charge in [0.2, 0.25) is 5.91 Å². The number of esters is 1. The molecule has 1 amide bonds. The Morgan fingerprint density at radius 1 is 1.15 bits per heavy atom. The lowest BCUT2D eigenvalue weighted by Gasteiger charge is -2.34. The van der Waals surface area contributed by atoms with E-state index in [0.717, 1.165) is 18.0 Å². The van der Waals surface area contributed by atoms with Crippen LogP contribution in [0, 0.1) is 5.92 Å². The second-order valence-electron chi connectivity index (χ2n) is 7.79. The van der Waals surface area contributed by atoms with Crippen molar-refractivity contribution in [1.82, 2.24) is 9.88 Å². The Labute approximate surface area is 195 Å². The molecule has 3 rings (SSSR count). The topological polar surface area (TPSA) is 62.7 Å². The first-order chi connectivity index (χ1) is 15.7. The molecule has 1 fully saturated rings. The standard InChI is InChI=1S/C23H25ClF3N3O3/c1-2-33-21(31)15-30(14-16-3-5-18(6-4-16)23(25,26)27)22(32)17-9-11-29(12-10-17)20-8-7-19(24)13-28-20/h3-8,13,17H,2,9-12,14-15H2,1H3. The van der Waals surface area contributed by atoms with Gasteiger partial charge in [0.1, 0.15) is 12.4 Å². The number of pyridine rings is 1. The molecule has 2 heterocycles. The van der Waals surface area contributed by atoms with Crippen molar-refractivity contribution in [2.24, 2.45) is 5.92 Å². The molecule has 1 aromatic heterocycles. The Kier molecular flexibility index (Phi) is 8.18. The van der Waals surface area contributed by atoms with Gasteiger partial charge in [-0.1, -0.05) is 23.7 Å². The molecule has 1 aliphatic rings. The third-order valence-corrected chi connectivity index (χ3v) is 5.70. The summed E-state index contributed by atoms with van der Waals surface area (Å²) >= 11 is 5.89. The van der Waals surface area contributed by atoms with E-state index in [1.54, 1.807) is 19.2 Å². The quantitative estimate of drug-likeness (QED) is 0.540. The first-order valence-electron chi connectivity index (χ1n) is 10.6. The molecule has 2 aromatic rings. The Hall–Kier alpha value is -2.81. The van der Waals surface area contributed by atoms with E-state index in [-0.39, 0.29) is 31.5 Å². The van der Waals surface area contributed by atoms with Crippen LogP contribution in [0.2, 0.25) is 5.02 Å². The predicted molar refractivity (Wildman–Crippen MR) is 118 cm³/mol. The zero-order valence-corrected chi connectivity index (χ0v) is 18.9. The van der Waals surface area contributed by atoms with Crippen LogP contribution in [0.1, 0.15) is 30.9 Å². The molecule has 6 nitrogen and oxygen atoms in total. The van der Waals surface area contributed by atoms with Crippen LogP contribution in [0.5, 0.6) is 0 Å². The van der Waals surface area contributed by atoms with E-state index in [1.165, 1.54) is 17.0 Å². The van der Waals surface area contributed by atoms with Crippen molar-refractivity contribution in [2.75, 3.05) is 31.1 Å². The minimum atomic E-state index is -4.44. The molecule has 178 valence electrons. The molecule has 0 spiro atoms. The molecule has 0 atom stereocenters. The highest BCUT2D eigenvalue weighted by atomic mass is 35.5. The van der Waals surface area contributed by atoms with E-state index in [0.29, 0.717) is 36.5 Å². The van der Waals surface area contributed by atoms with E-state index >= 15 is 0 Å². The second-order valence-corrected chi connectivity index (χ2v) is 8.23. The number of amides is 1. The smallest absolute Gasteiger partial charge is 0.416 e. The Bertz CT molecular complexity index is 944. The molecule has 0 N–H and O–H groups in total. The number of rotatable bonds is 7. The third kappa shape index (κ3) is 6.83. The fourth-order valence-corrected chi connectivity index (χ4v) is 3.87. The van der Waals surface area contributed by atoms with Gasteiger partial charge in [-0.15, -0.1) is 0 Å². The summed E-state index contributed by atoms with van der Waals surface area (Å²) in [4.78, 5) is 33.1. The van der Waals surface area contributed by atoms with Crippen molar-refractivity contribution in [1.29, 1.82) is 0 Å². The van der Waals surface area contributed by atoms with E-state index < -0.39 is 17.7 Å². The lowest BCUT2D eigenvalue weighted by atomic mass is 9.95. The number of anilines is 1. The fourth-order valence-electron chi connectivity index (χ4n) is 3.76. The molecule has 0 bridgehead atoms. The maximum Gasteiger partial charge on any atom is 0.416 e. The van der Waals surface area contributed by atoms with Crippen LogP contribution in [0.25, 0.3) is 0 Å². The molecule has 0 saturated carbocycles. The van der Waals surface area contributed by atoms with Crippen molar-refractivity contribution in [3.05, 3.63) is 58.7 Å². The van der Waals surface area contributed by atoms with Crippen LogP contribution < -0.4 is 4.90 Å². The van der Waals surface area contributed by atoms with Gasteiger partial charge in [0, 0.05) is 31.7 Å². The molecular formula is C23H25ClF3N3O3. The van der Waals surface area contributed by atoms with Crippen LogP contribution in [-0.4, -0.2) is 48.0 Å². The number of nitrogens with zero attached hydrogens (tertiary/aromatic N) is 3. The maximum atomic E-state index is 13.2. The number of carbonyl (C=O) groups is 2. The van der Waals surface area contributed by atoms with Gasteiger partial charge in [0.15, 0.2) is 0 Å². The van der Waals surface area contributed by atoms with Crippen molar-refractivity contribution >= 4 is 29.3 Å². The minimum absolute atomic E-state index is 0.0226. The minimum Gasteiger partial charge on any atom is -0.465 e. The van der Waals surface area contributed by atoms with Crippen LogP contribution in [0.3, 0.4) is 0 Å². The summed E-state index contributed by atoms with van der Waals surface area (Å²) in [6.07, 6.45) is -1.74. The first kappa shape index (κ1) is 24.8. The first-order valence-corrected chi connectivity index (χ1v) is 11.0. The highest BCUT2D eigenvalue weighted by molar-refractivity contribution is 6.30. The lowest BCUT2D eigenvalue weighted by molar-refractivity contribution is -0.151. The predicted octanol–water partition coefficient (Wildman–Crippen LogP) is 4.56. The number of ether oxygens (including phenoxy) is 1. The number of carbonyl (C=O) groups excluding carboxylic acids is 2. The maximum absolute atomic E-state index is 13.2. The number of hydrogen-bond acceptors (Lipinski definition) is 5. The second kappa shape index (κ2) is 10.9. The van der Waals surface area contributed by atoms with Crippen molar-refractivity contribution in [3.63, 3.8) is 0 Å². The van der Waals surface area contributed by atoms with Gasteiger partial charge < -0.3 is 14.5 Å². The van der Waals surface area contributed by atoms with Gasteiger partial charge in [-0.05, 0) is 49.6 Å². The summed E-state index contributed by atoms with van der Waals surface area (Å²) < 4.78 is 43.5. The highest BCUT2D eigenvalue weighted by Crippen LogP contribution is 2.30. The summed E-state index contributed by atoms with van der Waals surface area (Å²) in [7, 11) is 0. The van der Waals surface area contributed by atoms with Crippen molar-refractivity contribution < 1.29 is 27.5 Å². The summed E-state index contributed by atoms with van der Waals surface area (Å²) in [5, 5.41) is 0.543. The Morgan fingerprint density at radius 3 is 2.36 bits per heavy atom. The van der Waals surface area contributed by atoms with Gasteiger partial charge in [-0.25, -0.2) is 4.98 Å². The molecular weight excluding hydrogens is 459 g/mol. The summed E-state index contributed by atoms with van der Waals surface area (Å²) in [5.41, 5.74) is -0.263. The van der Waals surface area contributed by atoms with Crippen LogP contribution in [0.15, 0.2) is 42.6 Å². The van der Waals surface area contributed by atoms with E-state index in [2.05, 4.69) is 9.88 Å². The van der Waals surface area contributed by atoms with Crippen LogP contribution in [-0.2, 0) is 27.0 Å². The molecule has 10 heteroatoms. The monoisotopic (exact) mass is 483 g/mol. The summed E-state index contributed by atoms with van der Waals surface area (Å²) in [6, 6.07) is 8.17. The van der Waals surface area contributed by atoms with Gasteiger partial charge in [0.05, 0.1) is 17.2 Å². The third-order valence-electron chi connectivity index (χ3n) is 5.47. The zero-order valence-electron chi connectivity index (χ0n) is 18.1. The average molecular weight is 484 g/mol. The number of hydrogen-bond donors (Lipinski definition) is 0. The lowest BCUT2D eigenvalue weighted by Crippen LogP contribution is -2.44.